The number of nitrogens with zero attached hydrogens (tertiary/aromatic N) is 3. The summed E-state index contributed by atoms with van der Waals surface area (Å²) in [6.07, 6.45) is 1.56. The van der Waals surface area contributed by atoms with Crippen LogP contribution in [0.5, 0.6) is 0 Å². The number of thiazole rings is 1. The molecule has 9 heteroatoms. The highest BCUT2D eigenvalue weighted by molar-refractivity contribution is 7.13. The topological polar surface area (TPSA) is 105 Å². The second-order valence-electron chi connectivity index (χ2n) is 4.51. The van der Waals surface area contributed by atoms with E-state index < -0.39 is 10.8 Å². The first-order chi connectivity index (χ1) is 11.0. The lowest BCUT2D eigenvalue weighted by molar-refractivity contribution is -0.384. The summed E-state index contributed by atoms with van der Waals surface area (Å²) in [5, 5.41) is 15.5. The number of benzene rings is 1. The third-order valence-electron chi connectivity index (χ3n) is 2.99. The maximum atomic E-state index is 12.4. The Morgan fingerprint density at radius 2 is 2.22 bits per heavy atom. The fourth-order valence-corrected chi connectivity index (χ4v) is 2.42. The van der Waals surface area contributed by atoms with Crippen LogP contribution >= 0.6 is 11.3 Å². The Morgan fingerprint density at radius 1 is 1.43 bits per heavy atom. The molecular formula is C14H14N4O4S. The molecule has 23 heavy (non-hydrogen) atoms. The van der Waals surface area contributed by atoms with E-state index in [0.29, 0.717) is 11.7 Å². The highest BCUT2D eigenvalue weighted by Gasteiger charge is 2.19. The van der Waals surface area contributed by atoms with Gasteiger partial charge in [0.05, 0.1) is 4.92 Å². The zero-order chi connectivity index (χ0) is 16.8. The minimum Gasteiger partial charge on any atom is -0.330 e. The Labute approximate surface area is 135 Å². The number of likely N-dealkylation sites (N-methyl/N-ethyl adjacent to an activating group) is 1. The van der Waals surface area contributed by atoms with Gasteiger partial charge < -0.3 is 10.2 Å². The SMILES string of the molecule is CCN(CC(=O)Nc1nccs1)C(=O)c1cccc([N+](=O)[O-])c1. The number of amides is 2. The van der Waals surface area contributed by atoms with E-state index in [2.05, 4.69) is 10.3 Å². The molecule has 2 amide bonds. The predicted octanol–water partition coefficient (Wildman–Crippen LogP) is 2.15. The molecule has 2 aromatic rings. The van der Waals surface area contributed by atoms with Crippen LogP contribution in [0.15, 0.2) is 35.8 Å². The van der Waals surface area contributed by atoms with Gasteiger partial charge in [-0.25, -0.2) is 4.98 Å². The van der Waals surface area contributed by atoms with Crippen LogP contribution in [-0.2, 0) is 4.79 Å². The summed E-state index contributed by atoms with van der Waals surface area (Å²) in [5.74, 6) is -0.814. The van der Waals surface area contributed by atoms with E-state index in [1.165, 1.54) is 40.5 Å². The van der Waals surface area contributed by atoms with Crippen molar-refractivity contribution >= 4 is 34.0 Å². The summed E-state index contributed by atoms with van der Waals surface area (Å²) < 4.78 is 0. The molecule has 0 aliphatic rings. The number of anilines is 1. The zero-order valence-corrected chi connectivity index (χ0v) is 13.1. The lowest BCUT2D eigenvalue weighted by Gasteiger charge is -2.20. The number of nitro groups is 1. The molecule has 0 fully saturated rings. The van der Waals surface area contributed by atoms with E-state index in [1.54, 1.807) is 18.5 Å². The van der Waals surface area contributed by atoms with Crippen LogP contribution in [0.4, 0.5) is 10.8 Å². The first-order valence-electron chi connectivity index (χ1n) is 6.74. The first-order valence-corrected chi connectivity index (χ1v) is 7.62. The van der Waals surface area contributed by atoms with Crippen LogP contribution in [-0.4, -0.2) is 39.7 Å². The van der Waals surface area contributed by atoms with E-state index in [1.807, 2.05) is 0 Å². The molecule has 0 unspecified atom stereocenters. The number of hydrogen-bond donors (Lipinski definition) is 1. The van der Waals surface area contributed by atoms with Gasteiger partial charge in [-0.1, -0.05) is 6.07 Å². The third-order valence-corrected chi connectivity index (χ3v) is 3.67. The van der Waals surface area contributed by atoms with Gasteiger partial charge in [0, 0.05) is 35.8 Å². The summed E-state index contributed by atoms with van der Waals surface area (Å²) in [6, 6.07) is 5.43. The van der Waals surface area contributed by atoms with Crippen LogP contribution in [0.3, 0.4) is 0 Å². The smallest absolute Gasteiger partial charge is 0.270 e. The predicted molar refractivity (Wildman–Crippen MR) is 85.4 cm³/mol. The second kappa shape index (κ2) is 7.45. The molecule has 0 aliphatic heterocycles. The zero-order valence-electron chi connectivity index (χ0n) is 12.3. The van der Waals surface area contributed by atoms with Crippen LogP contribution in [0.2, 0.25) is 0 Å². The van der Waals surface area contributed by atoms with E-state index in [4.69, 9.17) is 0 Å². The number of carbonyl (C=O) groups is 2. The van der Waals surface area contributed by atoms with Gasteiger partial charge >= 0.3 is 0 Å². The molecule has 0 aliphatic carbocycles. The number of rotatable bonds is 6. The maximum absolute atomic E-state index is 12.4. The van der Waals surface area contributed by atoms with Gasteiger partial charge in [-0.15, -0.1) is 11.3 Å². The van der Waals surface area contributed by atoms with Crippen molar-refractivity contribution in [3.8, 4) is 0 Å². The first kappa shape index (κ1) is 16.6. The molecule has 1 aromatic carbocycles. The van der Waals surface area contributed by atoms with E-state index >= 15 is 0 Å². The summed E-state index contributed by atoms with van der Waals surface area (Å²) in [6.45, 7) is 1.87. The number of nitrogens with one attached hydrogen (secondary N) is 1. The fraction of sp³-hybridized carbons (Fsp3) is 0.214. The Kier molecular flexibility index (Phi) is 5.36. The van der Waals surface area contributed by atoms with E-state index in [-0.39, 0.29) is 23.7 Å². The average Bonchev–Trinajstić information content (AvgIpc) is 3.04. The number of nitro benzene ring substituents is 1. The highest BCUT2D eigenvalue weighted by Crippen LogP contribution is 2.15. The van der Waals surface area contributed by atoms with Gasteiger partial charge in [0.25, 0.3) is 11.6 Å². The standard InChI is InChI=1S/C14H14N4O4S/c1-2-17(9-12(19)16-14-15-6-7-23-14)13(20)10-4-3-5-11(8-10)18(21)22/h3-8H,2,9H2,1H3,(H,15,16,19). The Bertz CT molecular complexity index is 717. The van der Waals surface area contributed by atoms with Crippen molar-refractivity contribution in [2.75, 3.05) is 18.4 Å². The lowest BCUT2D eigenvalue weighted by Crippen LogP contribution is -2.37. The van der Waals surface area contributed by atoms with Crippen molar-refractivity contribution in [2.45, 2.75) is 6.92 Å². The molecule has 120 valence electrons. The number of hydrogen-bond acceptors (Lipinski definition) is 6. The Hall–Kier alpha value is -2.81. The van der Waals surface area contributed by atoms with Gasteiger partial charge in [-0.2, -0.15) is 0 Å². The molecular weight excluding hydrogens is 320 g/mol. The van der Waals surface area contributed by atoms with Crippen LogP contribution in [0.1, 0.15) is 17.3 Å². The van der Waals surface area contributed by atoms with Gasteiger partial charge in [-0.3, -0.25) is 19.7 Å². The van der Waals surface area contributed by atoms with Gasteiger partial charge in [0.15, 0.2) is 5.13 Å². The monoisotopic (exact) mass is 334 g/mol. The van der Waals surface area contributed by atoms with Crippen LogP contribution < -0.4 is 5.32 Å². The minimum absolute atomic E-state index is 0.155. The summed E-state index contributed by atoms with van der Waals surface area (Å²) in [7, 11) is 0. The molecule has 0 saturated heterocycles. The molecule has 1 heterocycles. The Morgan fingerprint density at radius 3 is 2.83 bits per heavy atom. The molecule has 0 bridgehead atoms. The Balaban J connectivity index is 2.07. The molecule has 0 spiro atoms. The van der Waals surface area contributed by atoms with Crippen molar-refractivity contribution in [1.82, 2.24) is 9.88 Å². The normalized spacial score (nSPS) is 10.1. The van der Waals surface area contributed by atoms with Crippen molar-refractivity contribution in [2.24, 2.45) is 0 Å². The minimum atomic E-state index is -0.567. The number of non-ortho nitro benzene ring substituents is 1. The fourth-order valence-electron chi connectivity index (χ4n) is 1.88. The summed E-state index contributed by atoms with van der Waals surface area (Å²) in [5.41, 5.74) is 0.00207. The molecule has 0 saturated carbocycles. The van der Waals surface area contributed by atoms with Gasteiger partial charge in [-0.05, 0) is 13.0 Å². The largest absolute Gasteiger partial charge is 0.330 e. The summed E-state index contributed by atoms with van der Waals surface area (Å²) in [4.78, 5) is 39.8. The van der Waals surface area contributed by atoms with Crippen molar-refractivity contribution in [1.29, 1.82) is 0 Å². The van der Waals surface area contributed by atoms with Crippen LogP contribution in [0, 0.1) is 10.1 Å². The molecule has 0 atom stereocenters. The molecule has 1 aromatic heterocycles. The van der Waals surface area contributed by atoms with Crippen molar-refractivity contribution in [3.05, 3.63) is 51.5 Å². The van der Waals surface area contributed by atoms with E-state index in [0.717, 1.165) is 0 Å². The summed E-state index contributed by atoms with van der Waals surface area (Å²) >= 11 is 1.27. The number of carbonyl (C=O) groups excluding carboxylic acids is 2. The molecule has 0 radical (unpaired) electrons. The third kappa shape index (κ3) is 4.33. The van der Waals surface area contributed by atoms with E-state index in [9.17, 15) is 19.7 Å². The highest BCUT2D eigenvalue weighted by atomic mass is 32.1. The quantitative estimate of drug-likeness (QED) is 0.643. The van der Waals surface area contributed by atoms with Gasteiger partial charge in [0.1, 0.15) is 6.54 Å². The molecule has 1 N–H and O–H groups in total. The van der Waals surface area contributed by atoms with Gasteiger partial charge in [0.2, 0.25) is 5.91 Å². The lowest BCUT2D eigenvalue weighted by atomic mass is 10.1. The maximum Gasteiger partial charge on any atom is 0.270 e. The average molecular weight is 334 g/mol. The molecule has 2 rings (SSSR count). The van der Waals surface area contributed by atoms with Crippen molar-refractivity contribution in [3.63, 3.8) is 0 Å². The number of aromatic nitrogens is 1. The van der Waals surface area contributed by atoms with Crippen LogP contribution in [0.25, 0.3) is 0 Å². The van der Waals surface area contributed by atoms with Crippen molar-refractivity contribution < 1.29 is 14.5 Å². The second-order valence-corrected chi connectivity index (χ2v) is 5.41. The molecule has 8 nitrogen and oxygen atoms in total.